The fraction of sp³-hybridized carbons (Fsp3) is 0.222. The molecule has 1 saturated heterocycles. The van der Waals surface area contributed by atoms with Crippen LogP contribution < -0.4 is 9.64 Å². The molecular weight excluding hydrogens is 416 g/mol. The second-order valence-corrected chi connectivity index (χ2v) is 8.52. The topological polar surface area (TPSA) is 79.7 Å². The molecule has 1 amide bonds. The van der Waals surface area contributed by atoms with Gasteiger partial charge in [-0.05, 0) is 66.4 Å². The van der Waals surface area contributed by atoms with Crippen molar-refractivity contribution in [2.45, 2.75) is 26.8 Å². The van der Waals surface area contributed by atoms with E-state index in [4.69, 9.17) is 4.74 Å². The molecule has 3 aromatic rings. The van der Waals surface area contributed by atoms with E-state index in [0.717, 1.165) is 5.56 Å². The average Bonchev–Trinajstić information content (AvgIpc) is 3.08. The Morgan fingerprint density at radius 2 is 1.85 bits per heavy atom. The highest BCUT2D eigenvalue weighted by atomic mass is 16.5. The Kier molecular flexibility index (Phi) is 6.27. The second kappa shape index (κ2) is 9.28. The molecule has 4 rings (SSSR count). The molecule has 0 aliphatic carbocycles. The molecule has 1 atom stereocenters. The van der Waals surface area contributed by atoms with Crippen LogP contribution in [0.2, 0.25) is 0 Å². The van der Waals surface area contributed by atoms with Crippen molar-refractivity contribution in [3.63, 3.8) is 0 Å². The van der Waals surface area contributed by atoms with E-state index in [0.29, 0.717) is 35.1 Å². The molecule has 0 radical (unpaired) electrons. The predicted octanol–water partition coefficient (Wildman–Crippen LogP) is 5.05. The van der Waals surface area contributed by atoms with Crippen LogP contribution in [0, 0.1) is 12.8 Å². The first kappa shape index (κ1) is 22.3. The molecule has 1 aromatic heterocycles. The van der Waals surface area contributed by atoms with Gasteiger partial charge in [0, 0.05) is 23.6 Å². The van der Waals surface area contributed by atoms with Gasteiger partial charge in [0.15, 0.2) is 0 Å². The molecule has 1 aliphatic heterocycles. The first-order chi connectivity index (χ1) is 15.9. The van der Waals surface area contributed by atoms with Gasteiger partial charge >= 0.3 is 0 Å². The van der Waals surface area contributed by atoms with Crippen molar-refractivity contribution in [2.24, 2.45) is 5.92 Å². The number of aromatic nitrogens is 1. The average molecular weight is 443 g/mol. The molecule has 1 N–H and O–H groups in total. The Hall–Kier alpha value is -3.93. The minimum atomic E-state index is -0.794. The van der Waals surface area contributed by atoms with Gasteiger partial charge in [-0.15, -0.1) is 0 Å². The maximum absolute atomic E-state index is 13.2. The summed E-state index contributed by atoms with van der Waals surface area (Å²) in [6.45, 7) is 6.62. The number of anilines is 1. The third kappa shape index (κ3) is 4.51. The van der Waals surface area contributed by atoms with Crippen molar-refractivity contribution in [3.05, 3.63) is 95.3 Å². The summed E-state index contributed by atoms with van der Waals surface area (Å²) < 4.78 is 5.71. The number of pyridine rings is 1. The Labute approximate surface area is 193 Å². The summed E-state index contributed by atoms with van der Waals surface area (Å²) >= 11 is 0. The zero-order chi connectivity index (χ0) is 23.5. The van der Waals surface area contributed by atoms with Gasteiger partial charge in [-0.25, -0.2) is 0 Å². The van der Waals surface area contributed by atoms with Crippen LogP contribution in [0.1, 0.15) is 36.6 Å². The highest BCUT2D eigenvalue weighted by molar-refractivity contribution is 6.51. The molecule has 168 valence electrons. The minimum Gasteiger partial charge on any atom is -0.507 e. The van der Waals surface area contributed by atoms with Crippen LogP contribution in [0.3, 0.4) is 0 Å². The van der Waals surface area contributed by atoms with Gasteiger partial charge in [-0.3, -0.25) is 19.5 Å². The Morgan fingerprint density at radius 1 is 1.09 bits per heavy atom. The number of carbonyl (C=O) groups excluding carboxylic acids is 2. The van der Waals surface area contributed by atoms with Crippen LogP contribution in [0.15, 0.2) is 78.6 Å². The van der Waals surface area contributed by atoms with Crippen LogP contribution in [0.25, 0.3) is 5.76 Å². The summed E-state index contributed by atoms with van der Waals surface area (Å²) in [5.74, 6) is -0.594. The maximum atomic E-state index is 13.2. The van der Waals surface area contributed by atoms with Gasteiger partial charge in [0.1, 0.15) is 11.5 Å². The van der Waals surface area contributed by atoms with Crippen molar-refractivity contribution < 1.29 is 19.4 Å². The number of rotatable bonds is 6. The number of aliphatic hydroxyl groups is 1. The highest BCUT2D eigenvalue weighted by Gasteiger charge is 2.47. The first-order valence-corrected chi connectivity index (χ1v) is 10.9. The van der Waals surface area contributed by atoms with Crippen molar-refractivity contribution >= 4 is 23.1 Å². The van der Waals surface area contributed by atoms with E-state index < -0.39 is 17.7 Å². The molecule has 6 nitrogen and oxygen atoms in total. The Bertz CT molecular complexity index is 1200. The molecule has 1 fully saturated rings. The maximum Gasteiger partial charge on any atom is 0.300 e. The summed E-state index contributed by atoms with van der Waals surface area (Å²) in [5, 5.41) is 11.2. The van der Waals surface area contributed by atoms with Crippen molar-refractivity contribution in [1.29, 1.82) is 0 Å². The van der Waals surface area contributed by atoms with Crippen molar-refractivity contribution in [2.75, 3.05) is 11.5 Å². The highest BCUT2D eigenvalue weighted by Crippen LogP contribution is 2.42. The molecule has 0 bridgehead atoms. The normalized spacial score (nSPS) is 17.6. The molecule has 2 heterocycles. The number of amides is 1. The van der Waals surface area contributed by atoms with E-state index in [1.165, 1.54) is 4.90 Å². The van der Waals surface area contributed by atoms with E-state index >= 15 is 0 Å². The van der Waals surface area contributed by atoms with E-state index in [-0.39, 0.29) is 11.3 Å². The second-order valence-electron chi connectivity index (χ2n) is 8.52. The van der Waals surface area contributed by atoms with E-state index in [9.17, 15) is 14.7 Å². The SMILES string of the molecule is Cc1cccc(N2C(=O)C(=O)/C(=C(/O)c3ccc(OCC(C)C)cc3)C2c2cccnc2)c1. The monoisotopic (exact) mass is 442 g/mol. The third-order valence-electron chi connectivity index (χ3n) is 5.44. The third-order valence-corrected chi connectivity index (χ3v) is 5.44. The Morgan fingerprint density at radius 3 is 2.48 bits per heavy atom. The quantitative estimate of drug-likeness (QED) is 0.328. The van der Waals surface area contributed by atoms with Gasteiger partial charge in [-0.2, -0.15) is 0 Å². The van der Waals surface area contributed by atoms with Crippen molar-refractivity contribution in [3.8, 4) is 5.75 Å². The fourth-order valence-corrected chi connectivity index (χ4v) is 3.86. The largest absolute Gasteiger partial charge is 0.507 e. The van der Waals surface area contributed by atoms with Gasteiger partial charge in [0.2, 0.25) is 0 Å². The number of hydrogen-bond acceptors (Lipinski definition) is 5. The van der Waals surface area contributed by atoms with E-state index in [2.05, 4.69) is 18.8 Å². The molecule has 2 aromatic carbocycles. The number of aliphatic hydroxyl groups excluding tert-OH is 1. The molecule has 6 heteroatoms. The van der Waals surface area contributed by atoms with Crippen LogP contribution in [-0.2, 0) is 9.59 Å². The standard InChI is InChI=1S/C27H26N2O4/c1-17(2)16-33-22-11-9-19(10-12-22)25(30)23-24(20-7-5-13-28-15-20)29(27(32)26(23)31)21-8-4-6-18(3)14-21/h4-15,17,24,30H,16H2,1-3H3/b25-23+. The van der Waals surface area contributed by atoms with E-state index in [1.54, 1.807) is 54.9 Å². The molecule has 1 aliphatic rings. The van der Waals surface area contributed by atoms with Crippen molar-refractivity contribution in [1.82, 2.24) is 4.98 Å². The summed E-state index contributed by atoms with van der Waals surface area (Å²) in [4.78, 5) is 31.9. The number of nitrogens with zero attached hydrogens (tertiary/aromatic N) is 2. The Balaban J connectivity index is 1.80. The fourth-order valence-electron chi connectivity index (χ4n) is 3.86. The summed E-state index contributed by atoms with van der Waals surface area (Å²) in [6, 6.07) is 17.0. The van der Waals surface area contributed by atoms with Gasteiger partial charge < -0.3 is 9.84 Å². The van der Waals surface area contributed by atoms with Crippen LogP contribution in [0.4, 0.5) is 5.69 Å². The number of hydrogen-bond donors (Lipinski definition) is 1. The smallest absolute Gasteiger partial charge is 0.300 e. The lowest BCUT2D eigenvalue weighted by atomic mass is 9.96. The summed E-state index contributed by atoms with van der Waals surface area (Å²) in [5.41, 5.74) is 2.64. The lowest BCUT2D eigenvalue weighted by Crippen LogP contribution is -2.29. The number of benzene rings is 2. The molecular formula is C27H26N2O4. The molecule has 0 spiro atoms. The van der Waals surface area contributed by atoms with E-state index in [1.807, 2.05) is 25.1 Å². The number of carbonyl (C=O) groups is 2. The zero-order valence-electron chi connectivity index (χ0n) is 18.9. The van der Waals surface area contributed by atoms with Crippen LogP contribution in [0.5, 0.6) is 5.75 Å². The van der Waals surface area contributed by atoms with Gasteiger partial charge in [0.25, 0.3) is 11.7 Å². The number of ether oxygens (including phenoxy) is 1. The van der Waals surface area contributed by atoms with Gasteiger partial charge in [-0.1, -0.05) is 32.0 Å². The lowest BCUT2D eigenvalue weighted by Gasteiger charge is -2.25. The molecule has 0 saturated carbocycles. The summed E-state index contributed by atoms with van der Waals surface area (Å²) in [7, 11) is 0. The number of aryl methyl sites for hydroxylation is 1. The molecule has 33 heavy (non-hydrogen) atoms. The summed E-state index contributed by atoms with van der Waals surface area (Å²) in [6.07, 6.45) is 3.23. The zero-order valence-corrected chi connectivity index (χ0v) is 18.9. The lowest BCUT2D eigenvalue weighted by molar-refractivity contribution is -0.132. The predicted molar refractivity (Wildman–Crippen MR) is 127 cm³/mol. The van der Waals surface area contributed by atoms with Gasteiger partial charge in [0.05, 0.1) is 18.2 Å². The number of Topliss-reactive ketones (excluding diaryl/α,β-unsaturated/α-hetero) is 1. The van der Waals surface area contributed by atoms with Crippen LogP contribution in [-0.4, -0.2) is 28.4 Å². The van der Waals surface area contributed by atoms with Crippen LogP contribution >= 0.6 is 0 Å². The first-order valence-electron chi connectivity index (χ1n) is 10.9. The minimum absolute atomic E-state index is 0.0327. The number of ketones is 1. The molecule has 1 unspecified atom stereocenters.